The number of ether oxygens (including phenoxy) is 3. The first-order valence-corrected chi connectivity index (χ1v) is 5.81. The molecule has 1 heterocycles. The van der Waals surface area contributed by atoms with Crippen molar-refractivity contribution >= 4 is 17.6 Å². The number of nitro groups is 1. The smallest absolute Gasteiger partial charge is 0.375 e. The third kappa shape index (κ3) is 2.55. The van der Waals surface area contributed by atoms with Crippen LogP contribution >= 0.6 is 0 Å². The molecule has 1 aliphatic rings. The summed E-state index contributed by atoms with van der Waals surface area (Å²) in [6.07, 6.45) is -1.01. The van der Waals surface area contributed by atoms with E-state index in [2.05, 4.69) is 4.74 Å². The molecule has 1 aromatic rings. The molecule has 2 rings (SSSR count). The molecule has 1 aromatic carbocycles. The van der Waals surface area contributed by atoms with E-state index in [0.29, 0.717) is 5.56 Å². The van der Waals surface area contributed by atoms with Gasteiger partial charge in [-0.1, -0.05) is 0 Å². The number of non-ortho nitro benzene ring substituents is 1. The first-order chi connectivity index (χ1) is 9.99. The molecule has 0 saturated heterocycles. The second kappa shape index (κ2) is 5.61. The highest BCUT2D eigenvalue weighted by atomic mass is 16.6. The number of rotatable bonds is 4. The van der Waals surface area contributed by atoms with E-state index in [0.717, 1.165) is 7.11 Å². The summed E-state index contributed by atoms with van der Waals surface area (Å²) in [5.41, 5.74) is 0.221. The molecule has 1 atom stereocenters. The van der Waals surface area contributed by atoms with Gasteiger partial charge in [0.15, 0.2) is 6.10 Å². The van der Waals surface area contributed by atoms with Crippen LogP contribution in [0.2, 0.25) is 0 Å². The van der Waals surface area contributed by atoms with Crippen LogP contribution in [0.15, 0.2) is 35.6 Å². The maximum Gasteiger partial charge on any atom is 0.375 e. The molecule has 0 amide bonds. The lowest BCUT2D eigenvalue weighted by Gasteiger charge is -2.12. The lowest BCUT2D eigenvalue weighted by molar-refractivity contribution is -0.384. The van der Waals surface area contributed by atoms with Gasteiger partial charge in [-0.3, -0.25) is 10.1 Å². The van der Waals surface area contributed by atoms with Gasteiger partial charge in [-0.05, 0) is 17.7 Å². The second-order valence-electron chi connectivity index (χ2n) is 4.07. The van der Waals surface area contributed by atoms with Crippen LogP contribution in [0.1, 0.15) is 11.7 Å². The average molecular weight is 293 g/mol. The molecule has 0 fully saturated rings. The van der Waals surface area contributed by atoms with Crippen molar-refractivity contribution in [2.24, 2.45) is 0 Å². The number of esters is 2. The first kappa shape index (κ1) is 14.5. The minimum absolute atomic E-state index is 0.0705. The van der Waals surface area contributed by atoms with Gasteiger partial charge in [-0.15, -0.1) is 0 Å². The number of nitro benzene ring substituents is 1. The Bertz CT molecular complexity index is 632. The molecular formula is C13H11NO7. The van der Waals surface area contributed by atoms with E-state index in [4.69, 9.17) is 9.47 Å². The number of carbonyl (C=O) groups excluding carboxylic acids is 2. The Kier molecular flexibility index (Phi) is 3.88. The van der Waals surface area contributed by atoms with E-state index in [1.165, 1.54) is 31.4 Å². The highest BCUT2D eigenvalue weighted by Gasteiger charge is 2.41. The van der Waals surface area contributed by atoms with Gasteiger partial charge in [0.1, 0.15) is 5.57 Å². The van der Waals surface area contributed by atoms with Crippen molar-refractivity contribution in [3.05, 3.63) is 51.3 Å². The fraction of sp³-hybridized carbons (Fsp3) is 0.231. The molecule has 8 heteroatoms. The predicted molar refractivity (Wildman–Crippen MR) is 68.0 cm³/mol. The summed E-state index contributed by atoms with van der Waals surface area (Å²) in [5, 5.41) is 10.6. The largest absolute Gasteiger partial charge is 0.489 e. The van der Waals surface area contributed by atoms with Crippen LogP contribution in [0.25, 0.3) is 0 Å². The SMILES string of the molecule is COC(=O)C1=C(OC)C(=O)OC1c1ccc([N+](=O)[O-])cc1. The van der Waals surface area contributed by atoms with Crippen molar-refractivity contribution in [2.45, 2.75) is 6.10 Å². The molecule has 0 spiro atoms. The lowest BCUT2D eigenvalue weighted by Crippen LogP contribution is -2.12. The topological polar surface area (TPSA) is 105 Å². The third-order valence-electron chi connectivity index (χ3n) is 2.93. The molecule has 8 nitrogen and oxygen atoms in total. The van der Waals surface area contributed by atoms with Gasteiger partial charge in [-0.2, -0.15) is 0 Å². The zero-order valence-electron chi connectivity index (χ0n) is 11.2. The first-order valence-electron chi connectivity index (χ1n) is 5.81. The number of carbonyl (C=O) groups is 2. The Hall–Kier alpha value is -2.90. The van der Waals surface area contributed by atoms with Gasteiger partial charge in [-0.25, -0.2) is 9.59 Å². The second-order valence-corrected chi connectivity index (χ2v) is 4.07. The molecule has 1 unspecified atom stereocenters. The number of methoxy groups -OCH3 is 2. The van der Waals surface area contributed by atoms with Gasteiger partial charge in [0, 0.05) is 12.1 Å². The van der Waals surface area contributed by atoms with Gasteiger partial charge >= 0.3 is 11.9 Å². The molecular weight excluding hydrogens is 282 g/mol. The summed E-state index contributed by atoms with van der Waals surface area (Å²) in [7, 11) is 2.40. The zero-order chi connectivity index (χ0) is 15.6. The normalized spacial score (nSPS) is 17.4. The van der Waals surface area contributed by atoms with Crippen LogP contribution in [0.3, 0.4) is 0 Å². The molecule has 0 aromatic heterocycles. The maximum absolute atomic E-state index is 11.8. The van der Waals surface area contributed by atoms with Crippen LogP contribution < -0.4 is 0 Å². The standard InChI is InChI=1S/C13H11NO7/c1-19-11-9(12(15)20-2)10(21-13(11)16)7-3-5-8(6-4-7)14(17)18/h3-6,10H,1-2H3. The van der Waals surface area contributed by atoms with Crippen molar-refractivity contribution in [1.29, 1.82) is 0 Å². The van der Waals surface area contributed by atoms with Crippen LogP contribution in [0, 0.1) is 10.1 Å². The molecule has 0 N–H and O–H groups in total. The molecule has 0 aliphatic carbocycles. The Balaban J connectivity index is 2.43. The predicted octanol–water partition coefficient (Wildman–Crippen LogP) is 1.27. The minimum Gasteiger partial charge on any atom is -0.489 e. The van der Waals surface area contributed by atoms with Crippen LogP contribution in [-0.4, -0.2) is 31.1 Å². The average Bonchev–Trinajstić information content (AvgIpc) is 2.83. The third-order valence-corrected chi connectivity index (χ3v) is 2.93. The Morgan fingerprint density at radius 1 is 1.29 bits per heavy atom. The van der Waals surface area contributed by atoms with Gasteiger partial charge in [0.25, 0.3) is 5.69 Å². The highest BCUT2D eigenvalue weighted by molar-refractivity contribution is 6.03. The number of cyclic esters (lactones) is 1. The summed E-state index contributed by atoms with van der Waals surface area (Å²) in [6, 6.07) is 5.31. The van der Waals surface area contributed by atoms with Gasteiger partial charge in [0.05, 0.1) is 19.1 Å². The summed E-state index contributed by atoms with van der Waals surface area (Å²) < 4.78 is 14.6. The summed E-state index contributed by atoms with van der Waals surface area (Å²) >= 11 is 0. The maximum atomic E-state index is 11.8. The van der Waals surface area contributed by atoms with E-state index in [1.807, 2.05) is 0 Å². The number of nitrogens with zero attached hydrogens (tertiary/aromatic N) is 1. The molecule has 1 aliphatic heterocycles. The monoisotopic (exact) mass is 293 g/mol. The number of hydrogen-bond donors (Lipinski definition) is 0. The number of hydrogen-bond acceptors (Lipinski definition) is 7. The molecule has 0 saturated carbocycles. The molecule has 21 heavy (non-hydrogen) atoms. The van der Waals surface area contributed by atoms with Crippen molar-refractivity contribution in [2.75, 3.05) is 14.2 Å². The van der Waals surface area contributed by atoms with Crippen molar-refractivity contribution in [3.8, 4) is 0 Å². The lowest BCUT2D eigenvalue weighted by atomic mass is 10.0. The van der Waals surface area contributed by atoms with E-state index in [-0.39, 0.29) is 17.0 Å². The fourth-order valence-electron chi connectivity index (χ4n) is 1.96. The van der Waals surface area contributed by atoms with E-state index >= 15 is 0 Å². The minimum atomic E-state index is -1.01. The number of benzene rings is 1. The summed E-state index contributed by atoms with van der Waals surface area (Å²) in [5.74, 6) is -1.78. The Morgan fingerprint density at radius 3 is 2.38 bits per heavy atom. The van der Waals surface area contributed by atoms with Crippen LogP contribution in [0.5, 0.6) is 0 Å². The van der Waals surface area contributed by atoms with Crippen molar-refractivity contribution in [3.63, 3.8) is 0 Å². The Labute approximate surface area is 119 Å². The Morgan fingerprint density at radius 2 is 1.90 bits per heavy atom. The highest BCUT2D eigenvalue weighted by Crippen LogP contribution is 2.36. The summed E-state index contributed by atoms with van der Waals surface area (Å²) in [6.45, 7) is 0. The van der Waals surface area contributed by atoms with E-state index < -0.39 is 23.0 Å². The quantitative estimate of drug-likeness (QED) is 0.467. The molecule has 0 bridgehead atoms. The molecule has 110 valence electrons. The van der Waals surface area contributed by atoms with Crippen molar-refractivity contribution in [1.82, 2.24) is 0 Å². The van der Waals surface area contributed by atoms with E-state index in [9.17, 15) is 19.7 Å². The van der Waals surface area contributed by atoms with Gasteiger partial charge in [0.2, 0.25) is 5.76 Å². The molecule has 0 radical (unpaired) electrons. The summed E-state index contributed by atoms with van der Waals surface area (Å²) in [4.78, 5) is 33.5. The zero-order valence-corrected chi connectivity index (χ0v) is 11.2. The van der Waals surface area contributed by atoms with E-state index in [1.54, 1.807) is 0 Å². The van der Waals surface area contributed by atoms with Crippen LogP contribution in [0.4, 0.5) is 5.69 Å². The van der Waals surface area contributed by atoms with Crippen LogP contribution in [-0.2, 0) is 23.8 Å². The fourth-order valence-corrected chi connectivity index (χ4v) is 1.96. The van der Waals surface area contributed by atoms with Gasteiger partial charge < -0.3 is 14.2 Å². The van der Waals surface area contributed by atoms with Crippen molar-refractivity contribution < 1.29 is 28.7 Å².